The number of aryl methyl sites for hydroxylation is 1. The van der Waals surface area contributed by atoms with Gasteiger partial charge in [0.2, 0.25) is 0 Å². The van der Waals surface area contributed by atoms with Crippen molar-refractivity contribution >= 4 is 0 Å². The maximum Gasteiger partial charge on any atom is 0.261 e. The minimum Gasteiger partial charge on any atom is -0.496 e. The summed E-state index contributed by atoms with van der Waals surface area (Å²) in [6, 6.07) is 5.84. The normalized spacial score (nSPS) is 10.5. The standard InChI is InChI=1S/C12H15N3O2/c1-8-4-5-10(16-3)9(6-8)12-14-11(7-13-2)15-17-12/h4-6,13H,7H2,1-3H3. The molecule has 0 atom stereocenters. The van der Waals surface area contributed by atoms with Gasteiger partial charge in [-0.25, -0.2) is 0 Å². The number of rotatable bonds is 4. The van der Waals surface area contributed by atoms with Crippen molar-refractivity contribution in [1.82, 2.24) is 15.5 Å². The molecule has 0 unspecified atom stereocenters. The number of nitrogens with one attached hydrogen (secondary N) is 1. The molecule has 90 valence electrons. The molecule has 1 aromatic heterocycles. The van der Waals surface area contributed by atoms with Gasteiger partial charge in [0, 0.05) is 0 Å². The van der Waals surface area contributed by atoms with Crippen LogP contribution in [0.3, 0.4) is 0 Å². The van der Waals surface area contributed by atoms with Crippen LogP contribution in [0.15, 0.2) is 22.7 Å². The second-order valence-corrected chi connectivity index (χ2v) is 3.75. The number of nitrogens with zero attached hydrogens (tertiary/aromatic N) is 2. The van der Waals surface area contributed by atoms with E-state index in [1.165, 1.54) is 0 Å². The Kier molecular flexibility index (Phi) is 3.39. The van der Waals surface area contributed by atoms with Crippen LogP contribution < -0.4 is 10.1 Å². The Morgan fingerprint density at radius 2 is 2.24 bits per heavy atom. The fraction of sp³-hybridized carbons (Fsp3) is 0.333. The predicted octanol–water partition coefficient (Wildman–Crippen LogP) is 1.77. The molecule has 1 heterocycles. The molecule has 0 aliphatic carbocycles. The molecule has 0 saturated heterocycles. The van der Waals surface area contributed by atoms with E-state index in [9.17, 15) is 0 Å². The fourth-order valence-electron chi connectivity index (χ4n) is 1.58. The highest BCUT2D eigenvalue weighted by atomic mass is 16.5. The van der Waals surface area contributed by atoms with Crippen LogP contribution in [0.4, 0.5) is 0 Å². The van der Waals surface area contributed by atoms with Crippen molar-refractivity contribution in [2.75, 3.05) is 14.2 Å². The van der Waals surface area contributed by atoms with E-state index in [0.29, 0.717) is 18.3 Å². The summed E-state index contributed by atoms with van der Waals surface area (Å²) >= 11 is 0. The number of benzene rings is 1. The van der Waals surface area contributed by atoms with Crippen LogP contribution in [-0.4, -0.2) is 24.3 Å². The van der Waals surface area contributed by atoms with Crippen LogP contribution in [0.2, 0.25) is 0 Å². The van der Waals surface area contributed by atoms with E-state index in [-0.39, 0.29) is 0 Å². The lowest BCUT2D eigenvalue weighted by Crippen LogP contribution is -2.06. The second kappa shape index (κ2) is 4.97. The van der Waals surface area contributed by atoms with Crippen molar-refractivity contribution < 1.29 is 9.26 Å². The molecule has 0 spiro atoms. The van der Waals surface area contributed by atoms with Gasteiger partial charge in [-0.3, -0.25) is 0 Å². The van der Waals surface area contributed by atoms with Crippen molar-refractivity contribution in [2.24, 2.45) is 0 Å². The molecule has 0 saturated carbocycles. The third-order valence-electron chi connectivity index (χ3n) is 2.39. The minimum absolute atomic E-state index is 0.482. The summed E-state index contributed by atoms with van der Waals surface area (Å²) in [6.45, 7) is 2.59. The summed E-state index contributed by atoms with van der Waals surface area (Å²) in [5, 5.41) is 6.86. The summed E-state index contributed by atoms with van der Waals surface area (Å²) < 4.78 is 10.5. The highest BCUT2D eigenvalue weighted by Crippen LogP contribution is 2.29. The van der Waals surface area contributed by atoms with Crippen LogP contribution in [0.5, 0.6) is 5.75 Å². The molecule has 2 aromatic rings. The maximum absolute atomic E-state index is 5.28. The van der Waals surface area contributed by atoms with Gasteiger partial charge in [0.05, 0.1) is 19.2 Å². The monoisotopic (exact) mass is 233 g/mol. The lowest BCUT2D eigenvalue weighted by Gasteiger charge is -2.05. The van der Waals surface area contributed by atoms with Crippen molar-refractivity contribution in [3.05, 3.63) is 29.6 Å². The summed E-state index contributed by atoms with van der Waals surface area (Å²) in [5.74, 6) is 1.84. The Bertz CT molecular complexity index is 508. The molecule has 5 heteroatoms. The number of aromatic nitrogens is 2. The van der Waals surface area contributed by atoms with Crippen molar-refractivity contribution in [1.29, 1.82) is 0 Å². The molecule has 0 fully saturated rings. The molecule has 1 N–H and O–H groups in total. The molecule has 5 nitrogen and oxygen atoms in total. The smallest absolute Gasteiger partial charge is 0.261 e. The maximum atomic E-state index is 5.28. The van der Waals surface area contributed by atoms with E-state index in [1.54, 1.807) is 7.11 Å². The van der Waals surface area contributed by atoms with Gasteiger partial charge >= 0.3 is 0 Å². The number of methoxy groups -OCH3 is 1. The Balaban J connectivity index is 2.40. The number of ether oxygens (including phenoxy) is 1. The van der Waals surface area contributed by atoms with Crippen LogP contribution in [0.1, 0.15) is 11.4 Å². The van der Waals surface area contributed by atoms with Gasteiger partial charge in [0.15, 0.2) is 5.82 Å². The summed E-state index contributed by atoms with van der Waals surface area (Å²) in [6.07, 6.45) is 0. The summed E-state index contributed by atoms with van der Waals surface area (Å²) in [4.78, 5) is 4.30. The molecule has 17 heavy (non-hydrogen) atoms. The van der Waals surface area contributed by atoms with Crippen LogP contribution in [0.25, 0.3) is 11.5 Å². The van der Waals surface area contributed by atoms with Crippen LogP contribution in [0, 0.1) is 6.92 Å². The summed E-state index contributed by atoms with van der Waals surface area (Å²) in [7, 11) is 3.46. The molecule has 1 aromatic carbocycles. The number of hydrogen-bond acceptors (Lipinski definition) is 5. The Hall–Kier alpha value is -1.88. The third kappa shape index (κ3) is 2.45. The van der Waals surface area contributed by atoms with Gasteiger partial charge in [0.1, 0.15) is 5.75 Å². The van der Waals surface area contributed by atoms with Gasteiger partial charge in [-0.15, -0.1) is 0 Å². The van der Waals surface area contributed by atoms with Crippen LogP contribution in [-0.2, 0) is 6.54 Å². The number of hydrogen-bond donors (Lipinski definition) is 1. The zero-order valence-electron chi connectivity index (χ0n) is 10.2. The minimum atomic E-state index is 0.482. The predicted molar refractivity (Wildman–Crippen MR) is 63.8 cm³/mol. The quantitative estimate of drug-likeness (QED) is 0.872. The average Bonchev–Trinajstić information content (AvgIpc) is 2.78. The van der Waals surface area contributed by atoms with E-state index in [1.807, 2.05) is 32.2 Å². The molecule has 2 rings (SSSR count). The first-order valence-corrected chi connectivity index (χ1v) is 5.37. The molecule has 0 bridgehead atoms. The lowest BCUT2D eigenvalue weighted by atomic mass is 10.1. The van der Waals surface area contributed by atoms with Crippen LogP contribution >= 0.6 is 0 Å². The lowest BCUT2D eigenvalue weighted by molar-refractivity contribution is 0.402. The second-order valence-electron chi connectivity index (χ2n) is 3.75. The molecule has 0 aliphatic heterocycles. The SMILES string of the molecule is CNCc1noc(-c2cc(C)ccc2OC)n1. The van der Waals surface area contributed by atoms with Gasteiger partial charge in [-0.2, -0.15) is 4.98 Å². The van der Waals surface area contributed by atoms with Gasteiger partial charge in [0.25, 0.3) is 5.89 Å². The van der Waals surface area contributed by atoms with E-state index in [4.69, 9.17) is 9.26 Å². The zero-order chi connectivity index (χ0) is 12.3. The summed E-state index contributed by atoms with van der Waals surface area (Å²) in [5.41, 5.74) is 1.94. The molecule has 0 amide bonds. The molecular formula is C12H15N3O2. The molecule has 0 radical (unpaired) electrons. The zero-order valence-corrected chi connectivity index (χ0v) is 10.2. The highest BCUT2D eigenvalue weighted by molar-refractivity contribution is 5.63. The first-order valence-electron chi connectivity index (χ1n) is 5.37. The Morgan fingerprint density at radius 3 is 2.94 bits per heavy atom. The fourth-order valence-corrected chi connectivity index (χ4v) is 1.58. The highest BCUT2D eigenvalue weighted by Gasteiger charge is 2.13. The van der Waals surface area contributed by atoms with E-state index >= 15 is 0 Å². The van der Waals surface area contributed by atoms with Gasteiger partial charge in [-0.1, -0.05) is 16.8 Å². The molecular weight excluding hydrogens is 218 g/mol. The van der Waals surface area contributed by atoms with Crippen molar-refractivity contribution in [2.45, 2.75) is 13.5 Å². The van der Waals surface area contributed by atoms with E-state index < -0.39 is 0 Å². The van der Waals surface area contributed by atoms with Gasteiger partial charge < -0.3 is 14.6 Å². The Labute approximate surface area is 99.8 Å². The van der Waals surface area contributed by atoms with E-state index in [2.05, 4.69) is 15.5 Å². The van der Waals surface area contributed by atoms with Crippen molar-refractivity contribution in [3.8, 4) is 17.2 Å². The third-order valence-corrected chi connectivity index (χ3v) is 2.39. The first kappa shape index (κ1) is 11.6. The largest absolute Gasteiger partial charge is 0.496 e. The van der Waals surface area contributed by atoms with Crippen molar-refractivity contribution in [3.63, 3.8) is 0 Å². The van der Waals surface area contributed by atoms with Gasteiger partial charge in [-0.05, 0) is 26.1 Å². The van der Waals surface area contributed by atoms with E-state index in [0.717, 1.165) is 16.9 Å². The molecule has 0 aliphatic rings. The average molecular weight is 233 g/mol. The first-order chi connectivity index (χ1) is 8.24. The topological polar surface area (TPSA) is 60.2 Å². The Morgan fingerprint density at radius 1 is 1.41 bits per heavy atom.